The minimum Gasteiger partial charge on any atom is -0.444 e. The topological polar surface area (TPSA) is 49.9 Å². The van der Waals surface area contributed by atoms with E-state index in [1.807, 2.05) is 45.3 Å². The van der Waals surface area contributed by atoms with E-state index in [0.29, 0.717) is 13.1 Å². The van der Waals surface area contributed by atoms with E-state index in [-0.39, 0.29) is 17.9 Å². The van der Waals surface area contributed by atoms with Crippen molar-refractivity contribution >= 4 is 23.2 Å². The number of thiophene rings is 1. The molecule has 0 aliphatic carbocycles. The standard InChI is InChI=1S/C17H26N2O3S/c1-17(2,3)22-16(21)19-9-5-7-13(11-19)18(4)12-14(20)15-8-6-10-23-15/h6,8,10,13H,5,7,9,11-12H2,1-4H3/t13-/m1/s1. The molecule has 128 valence electrons. The largest absolute Gasteiger partial charge is 0.444 e. The lowest BCUT2D eigenvalue weighted by molar-refractivity contribution is 0.0129. The molecule has 23 heavy (non-hydrogen) atoms. The first-order chi connectivity index (χ1) is 10.8. The van der Waals surface area contributed by atoms with E-state index < -0.39 is 5.60 Å². The van der Waals surface area contributed by atoms with Gasteiger partial charge in [0.2, 0.25) is 0 Å². The zero-order chi connectivity index (χ0) is 17.0. The highest BCUT2D eigenvalue weighted by Gasteiger charge is 2.30. The lowest BCUT2D eigenvalue weighted by Gasteiger charge is -2.37. The minimum absolute atomic E-state index is 0.136. The Morgan fingerprint density at radius 1 is 1.43 bits per heavy atom. The monoisotopic (exact) mass is 338 g/mol. The Bertz CT molecular complexity index is 537. The second-order valence-electron chi connectivity index (χ2n) is 7.04. The lowest BCUT2D eigenvalue weighted by Crippen LogP contribution is -2.50. The van der Waals surface area contributed by atoms with Crippen LogP contribution in [0.4, 0.5) is 4.79 Å². The van der Waals surface area contributed by atoms with Crippen LogP contribution < -0.4 is 0 Å². The van der Waals surface area contributed by atoms with Crippen molar-refractivity contribution in [3.63, 3.8) is 0 Å². The van der Waals surface area contributed by atoms with Crippen LogP contribution in [0.2, 0.25) is 0 Å². The van der Waals surface area contributed by atoms with Gasteiger partial charge in [-0.05, 0) is 52.1 Å². The third-order valence-electron chi connectivity index (χ3n) is 3.86. The Morgan fingerprint density at radius 3 is 2.78 bits per heavy atom. The summed E-state index contributed by atoms with van der Waals surface area (Å²) in [7, 11) is 1.95. The summed E-state index contributed by atoms with van der Waals surface area (Å²) in [5, 5.41) is 1.91. The highest BCUT2D eigenvalue weighted by molar-refractivity contribution is 7.12. The van der Waals surface area contributed by atoms with Gasteiger partial charge in [-0.15, -0.1) is 11.3 Å². The molecular formula is C17H26N2O3S. The van der Waals surface area contributed by atoms with Crippen molar-refractivity contribution < 1.29 is 14.3 Å². The molecule has 0 spiro atoms. The SMILES string of the molecule is CN(CC(=O)c1cccs1)[C@@H]1CCCN(C(=O)OC(C)(C)C)C1. The maximum atomic E-state index is 12.2. The van der Waals surface area contributed by atoms with Crippen molar-refractivity contribution in [3.05, 3.63) is 22.4 Å². The zero-order valence-electron chi connectivity index (χ0n) is 14.4. The number of rotatable bonds is 4. The van der Waals surface area contributed by atoms with E-state index in [1.165, 1.54) is 11.3 Å². The molecule has 1 aliphatic rings. The molecule has 0 aromatic carbocycles. The van der Waals surface area contributed by atoms with Crippen LogP contribution >= 0.6 is 11.3 Å². The maximum Gasteiger partial charge on any atom is 0.410 e. The molecule has 1 saturated heterocycles. The van der Waals surface area contributed by atoms with Crippen molar-refractivity contribution in [2.75, 3.05) is 26.7 Å². The van der Waals surface area contributed by atoms with Crippen LogP contribution in [0, 0.1) is 0 Å². The molecule has 1 atom stereocenters. The van der Waals surface area contributed by atoms with Gasteiger partial charge in [0, 0.05) is 19.1 Å². The Kier molecular flexibility index (Phi) is 5.81. The third kappa shape index (κ3) is 5.32. The third-order valence-corrected chi connectivity index (χ3v) is 4.77. The van der Waals surface area contributed by atoms with Gasteiger partial charge < -0.3 is 9.64 Å². The molecule has 5 nitrogen and oxygen atoms in total. The first kappa shape index (κ1) is 17.9. The zero-order valence-corrected chi connectivity index (χ0v) is 15.2. The number of Topliss-reactive ketones (excluding diaryl/α,β-unsaturated/α-hetero) is 1. The molecule has 1 aromatic heterocycles. The fraction of sp³-hybridized carbons (Fsp3) is 0.647. The van der Waals surface area contributed by atoms with Crippen molar-refractivity contribution in [1.29, 1.82) is 0 Å². The van der Waals surface area contributed by atoms with E-state index in [2.05, 4.69) is 4.90 Å². The van der Waals surface area contributed by atoms with Crippen LogP contribution in [0.5, 0.6) is 0 Å². The van der Waals surface area contributed by atoms with Gasteiger partial charge in [-0.2, -0.15) is 0 Å². The number of hydrogen-bond donors (Lipinski definition) is 0. The maximum absolute atomic E-state index is 12.2. The predicted octanol–water partition coefficient (Wildman–Crippen LogP) is 3.26. The van der Waals surface area contributed by atoms with Gasteiger partial charge >= 0.3 is 6.09 Å². The number of carbonyl (C=O) groups is 2. The molecule has 0 N–H and O–H groups in total. The molecule has 2 heterocycles. The molecule has 6 heteroatoms. The molecule has 1 aromatic rings. The second kappa shape index (κ2) is 7.45. The smallest absolute Gasteiger partial charge is 0.410 e. The average molecular weight is 338 g/mol. The van der Waals surface area contributed by atoms with Crippen molar-refractivity contribution in [3.8, 4) is 0 Å². The van der Waals surface area contributed by atoms with Gasteiger partial charge in [0.05, 0.1) is 11.4 Å². The first-order valence-corrected chi connectivity index (χ1v) is 8.89. The van der Waals surface area contributed by atoms with Crippen LogP contribution in [0.3, 0.4) is 0 Å². The van der Waals surface area contributed by atoms with Crippen LogP contribution in [0.25, 0.3) is 0 Å². The fourth-order valence-electron chi connectivity index (χ4n) is 2.68. The molecule has 0 saturated carbocycles. The lowest BCUT2D eigenvalue weighted by atomic mass is 10.0. The van der Waals surface area contributed by atoms with Gasteiger partial charge in [-0.3, -0.25) is 9.69 Å². The van der Waals surface area contributed by atoms with Crippen molar-refractivity contribution in [1.82, 2.24) is 9.80 Å². The normalized spacial score (nSPS) is 19.0. The Hall–Kier alpha value is -1.40. The second-order valence-corrected chi connectivity index (χ2v) is 7.99. The summed E-state index contributed by atoms with van der Waals surface area (Å²) in [6.07, 6.45) is 1.66. The number of ether oxygens (including phenoxy) is 1. The molecule has 1 aliphatic heterocycles. The van der Waals surface area contributed by atoms with Crippen molar-refractivity contribution in [2.45, 2.75) is 45.3 Å². The number of ketones is 1. The van der Waals surface area contributed by atoms with E-state index in [4.69, 9.17) is 4.74 Å². The summed E-state index contributed by atoms with van der Waals surface area (Å²) in [6, 6.07) is 3.94. The van der Waals surface area contributed by atoms with E-state index in [9.17, 15) is 9.59 Å². The highest BCUT2D eigenvalue weighted by Crippen LogP contribution is 2.19. The number of likely N-dealkylation sites (N-methyl/N-ethyl adjacent to an activating group) is 1. The first-order valence-electron chi connectivity index (χ1n) is 8.01. The highest BCUT2D eigenvalue weighted by atomic mass is 32.1. The molecular weight excluding hydrogens is 312 g/mol. The Labute approximate surface area is 142 Å². The van der Waals surface area contributed by atoms with Gasteiger partial charge in [0.1, 0.15) is 5.60 Å². The summed E-state index contributed by atoms with van der Waals surface area (Å²) >= 11 is 1.47. The van der Waals surface area contributed by atoms with Gasteiger partial charge in [-0.25, -0.2) is 4.79 Å². The van der Waals surface area contributed by atoms with Gasteiger partial charge in [0.15, 0.2) is 5.78 Å². The Balaban J connectivity index is 1.90. The number of nitrogens with zero attached hydrogens (tertiary/aromatic N) is 2. The van der Waals surface area contributed by atoms with E-state index >= 15 is 0 Å². The van der Waals surface area contributed by atoms with Gasteiger partial charge in [-0.1, -0.05) is 6.07 Å². The number of hydrogen-bond acceptors (Lipinski definition) is 5. The number of carbonyl (C=O) groups excluding carboxylic acids is 2. The number of likely N-dealkylation sites (tertiary alicyclic amines) is 1. The van der Waals surface area contributed by atoms with E-state index in [1.54, 1.807) is 4.90 Å². The molecule has 1 fully saturated rings. The van der Waals surface area contributed by atoms with Crippen molar-refractivity contribution in [2.24, 2.45) is 0 Å². The van der Waals surface area contributed by atoms with Crippen LogP contribution in [0.15, 0.2) is 17.5 Å². The predicted molar refractivity (Wildman–Crippen MR) is 92.1 cm³/mol. The molecule has 1 amide bonds. The number of amides is 1. The molecule has 0 bridgehead atoms. The minimum atomic E-state index is -0.481. The molecule has 0 radical (unpaired) electrons. The summed E-state index contributed by atoms with van der Waals surface area (Å²) < 4.78 is 5.45. The summed E-state index contributed by atoms with van der Waals surface area (Å²) in [4.78, 5) is 29.0. The van der Waals surface area contributed by atoms with Gasteiger partial charge in [0.25, 0.3) is 0 Å². The number of piperidine rings is 1. The molecule has 0 unspecified atom stereocenters. The average Bonchev–Trinajstić information content (AvgIpc) is 3.00. The summed E-state index contributed by atoms with van der Waals surface area (Å²) in [5.41, 5.74) is -0.481. The fourth-order valence-corrected chi connectivity index (χ4v) is 3.33. The Morgan fingerprint density at radius 2 is 2.17 bits per heavy atom. The molecule has 2 rings (SSSR count). The van der Waals surface area contributed by atoms with Crippen LogP contribution in [-0.2, 0) is 4.74 Å². The summed E-state index contributed by atoms with van der Waals surface area (Å²) in [5.74, 6) is 0.136. The quantitative estimate of drug-likeness (QED) is 0.791. The van der Waals surface area contributed by atoms with E-state index in [0.717, 1.165) is 24.3 Å². The van der Waals surface area contributed by atoms with Crippen LogP contribution in [0.1, 0.15) is 43.3 Å². The van der Waals surface area contributed by atoms with Crippen LogP contribution in [-0.4, -0.2) is 60.0 Å². The summed E-state index contributed by atoms with van der Waals surface area (Å²) in [6.45, 7) is 7.34.